The number of nitro groups is 1. The van der Waals surface area contributed by atoms with Crippen LogP contribution in [0.5, 0.6) is 11.5 Å². The minimum absolute atomic E-state index is 0.0457. The Morgan fingerprint density at radius 2 is 1.93 bits per heavy atom. The van der Waals surface area contributed by atoms with Gasteiger partial charge in [0, 0.05) is 12.1 Å². The van der Waals surface area contributed by atoms with E-state index < -0.39 is 17.4 Å². The van der Waals surface area contributed by atoms with E-state index in [0.717, 1.165) is 6.07 Å². The molecule has 3 rings (SSSR count). The van der Waals surface area contributed by atoms with Crippen molar-refractivity contribution < 1.29 is 32.4 Å². The van der Waals surface area contributed by atoms with Crippen molar-refractivity contribution in [3.05, 3.63) is 81.3 Å². The number of hydrogen-bond donors (Lipinski definition) is 1. The third-order valence-electron chi connectivity index (χ3n) is 3.73. The number of alkyl halides is 2. The van der Waals surface area contributed by atoms with Crippen LogP contribution in [0.3, 0.4) is 0 Å². The molecule has 0 unspecified atom stereocenters. The molecule has 0 saturated carbocycles. The van der Waals surface area contributed by atoms with Gasteiger partial charge in [-0.3, -0.25) is 14.9 Å². The van der Waals surface area contributed by atoms with Crippen molar-refractivity contribution in [3.8, 4) is 11.5 Å². The van der Waals surface area contributed by atoms with Crippen molar-refractivity contribution in [3.63, 3.8) is 0 Å². The smallest absolute Gasteiger partial charge is 0.387 e. The number of hydrogen-bond acceptors (Lipinski definition) is 6. The summed E-state index contributed by atoms with van der Waals surface area (Å²) >= 11 is 5.95. The highest BCUT2D eigenvalue weighted by atomic mass is 35.5. The average molecular weight is 439 g/mol. The summed E-state index contributed by atoms with van der Waals surface area (Å²) in [5, 5.41) is 13.2. The van der Waals surface area contributed by atoms with Gasteiger partial charge in [0.25, 0.3) is 11.6 Å². The lowest BCUT2D eigenvalue weighted by Gasteiger charge is -2.10. The van der Waals surface area contributed by atoms with E-state index in [1.165, 1.54) is 42.5 Å². The molecular weight excluding hydrogens is 426 g/mol. The van der Waals surface area contributed by atoms with Gasteiger partial charge in [-0.1, -0.05) is 23.7 Å². The molecule has 11 heteroatoms. The monoisotopic (exact) mass is 438 g/mol. The first-order chi connectivity index (χ1) is 14.3. The topological polar surface area (TPSA) is 104 Å². The molecule has 8 nitrogen and oxygen atoms in total. The molecular formula is C19H13ClF2N2O6. The van der Waals surface area contributed by atoms with E-state index in [1.807, 2.05) is 0 Å². The zero-order valence-electron chi connectivity index (χ0n) is 15.0. The minimum Gasteiger partial charge on any atom is -0.484 e. The minimum atomic E-state index is -3.04. The maximum Gasteiger partial charge on any atom is 0.387 e. The predicted molar refractivity (Wildman–Crippen MR) is 102 cm³/mol. The molecule has 0 fully saturated rings. The Morgan fingerprint density at radius 3 is 2.63 bits per heavy atom. The summed E-state index contributed by atoms with van der Waals surface area (Å²) in [5.41, 5.74) is -0.130. The van der Waals surface area contributed by atoms with E-state index in [9.17, 15) is 23.7 Å². The number of furan rings is 1. The van der Waals surface area contributed by atoms with Gasteiger partial charge in [-0.05, 0) is 30.3 Å². The van der Waals surface area contributed by atoms with E-state index in [0.29, 0.717) is 0 Å². The lowest BCUT2D eigenvalue weighted by Crippen LogP contribution is -2.13. The fourth-order valence-corrected chi connectivity index (χ4v) is 2.63. The number of amides is 1. The number of nitro benzene ring substituents is 1. The number of non-ortho nitro benzene ring substituents is 1. The molecule has 1 aromatic heterocycles. The highest BCUT2D eigenvalue weighted by Gasteiger charge is 2.16. The van der Waals surface area contributed by atoms with Crippen LogP contribution in [-0.2, 0) is 6.61 Å². The number of carbonyl (C=O) groups is 1. The summed E-state index contributed by atoms with van der Waals surface area (Å²) in [5.74, 6) is -0.492. The standard InChI is InChI=1S/C19H13ClF2N2O6/c20-13-9-11(24(26)27)5-7-15(13)28-10-12-6-8-17(29-12)18(25)23-14-3-1-2-4-16(14)30-19(21)22/h1-9,19H,10H2,(H,23,25). The van der Waals surface area contributed by atoms with Crippen molar-refractivity contribution in [1.29, 1.82) is 0 Å². The Bertz CT molecular complexity index is 1070. The molecule has 1 N–H and O–H groups in total. The van der Waals surface area contributed by atoms with Crippen molar-refractivity contribution in [2.24, 2.45) is 0 Å². The number of benzene rings is 2. The zero-order valence-corrected chi connectivity index (χ0v) is 15.8. The van der Waals surface area contributed by atoms with Crippen LogP contribution in [0.2, 0.25) is 5.02 Å². The highest BCUT2D eigenvalue weighted by molar-refractivity contribution is 6.32. The summed E-state index contributed by atoms with van der Waals surface area (Å²) < 4.78 is 40.1. The van der Waals surface area contributed by atoms with Crippen LogP contribution in [0.4, 0.5) is 20.2 Å². The first-order valence-electron chi connectivity index (χ1n) is 8.34. The summed E-state index contributed by atoms with van der Waals surface area (Å²) in [7, 11) is 0. The Labute approximate surface area is 173 Å². The van der Waals surface area contributed by atoms with Gasteiger partial charge in [0.1, 0.15) is 23.9 Å². The first-order valence-corrected chi connectivity index (χ1v) is 8.72. The van der Waals surface area contributed by atoms with Crippen LogP contribution in [-0.4, -0.2) is 17.4 Å². The molecule has 0 saturated heterocycles. The Morgan fingerprint density at radius 1 is 1.17 bits per heavy atom. The van der Waals surface area contributed by atoms with Gasteiger partial charge in [-0.2, -0.15) is 8.78 Å². The van der Waals surface area contributed by atoms with Crippen molar-refractivity contribution >= 4 is 28.9 Å². The number of para-hydroxylation sites is 2. The SMILES string of the molecule is O=C(Nc1ccccc1OC(F)F)c1ccc(COc2ccc([N+](=O)[O-])cc2Cl)o1. The van der Waals surface area contributed by atoms with E-state index in [1.54, 1.807) is 6.07 Å². The molecule has 0 atom stereocenters. The van der Waals surface area contributed by atoms with Crippen LogP contribution < -0.4 is 14.8 Å². The lowest BCUT2D eigenvalue weighted by atomic mass is 10.3. The maximum absolute atomic E-state index is 12.5. The number of ether oxygens (including phenoxy) is 2. The second-order valence-corrected chi connectivity index (χ2v) is 6.16. The number of carbonyl (C=O) groups excluding carboxylic acids is 1. The van der Waals surface area contributed by atoms with Crippen molar-refractivity contribution in [1.82, 2.24) is 0 Å². The first kappa shape index (κ1) is 21.1. The Hall–Kier alpha value is -3.66. The third kappa shape index (κ3) is 5.23. The van der Waals surface area contributed by atoms with E-state index >= 15 is 0 Å². The van der Waals surface area contributed by atoms with Crippen LogP contribution in [0.25, 0.3) is 0 Å². The Balaban J connectivity index is 1.64. The van der Waals surface area contributed by atoms with E-state index in [2.05, 4.69) is 10.1 Å². The van der Waals surface area contributed by atoms with Gasteiger partial charge in [0.2, 0.25) is 0 Å². The van der Waals surface area contributed by atoms with Crippen LogP contribution in [0, 0.1) is 10.1 Å². The molecule has 2 aromatic carbocycles. The van der Waals surface area contributed by atoms with Crippen LogP contribution in [0.1, 0.15) is 16.3 Å². The normalized spacial score (nSPS) is 10.7. The van der Waals surface area contributed by atoms with Gasteiger partial charge in [-0.15, -0.1) is 0 Å². The molecule has 156 valence electrons. The van der Waals surface area contributed by atoms with E-state index in [4.69, 9.17) is 20.8 Å². The van der Waals surface area contributed by atoms with Gasteiger partial charge >= 0.3 is 6.61 Å². The molecule has 1 amide bonds. The maximum atomic E-state index is 12.5. The van der Waals surface area contributed by atoms with E-state index in [-0.39, 0.29) is 46.0 Å². The number of nitrogens with zero attached hydrogens (tertiary/aromatic N) is 1. The molecule has 0 aliphatic rings. The lowest BCUT2D eigenvalue weighted by molar-refractivity contribution is -0.384. The van der Waals surface area contributed by atoms with Gasteiger partial charge in [-0.25, -0.2) is 0 Å². The number of nitrogens with one attached hydrogen (secondary N) is 1. The molecule has 3 aromatic rings. The van der Waals surface area contributed by atoms with Crippen molar-refractivity contribution in [2.75, 3.05) is 5.32 Å². The molecule has 0 bridgehead atoms. The summed E-state index contributed by atoms with van der Waals surface area (Å²) in [4.78, 5) is 22.5. The predicted octanol–water partition coefficient (Wildman–Crippen LogP) is 5.27. The summed E-state index contributed by atoms with van der Waals surface area (Å²) in [6, 6.07) is 12.3. The van der Waals surface area contributed by atoms with Gasteiger partial charge in [0.15, 0.2) is 5.76 Å². The second-order valence-electron chi connectivity index (χ2n) is 5.76. The van der Waals surface area contributed by atoms with Gasteiger partial charge in [0.05, 0.1) is 15.6 Å². The second kappa shape index (κ2) is 9.23. The molecule has 1 heterocycles. The molecule has 0 aliphatic heterocycles. The van der Waals surface area contributed by atoms with Crippen LogP contribution >= 0.6 is 11.6 Å². The van der Waals surface area contributed by atoms with Gasteiger partial charge < -0.3 is 19.2 Å². The fraction of sp³-hybridized carbons (Fsp3) is 0.105. The Kier molecular flexibility index (Phi) is 6.48. The third-order valence-corrected chi connectivity index (χ3v) is 4.03. The zero-order chi connectivity index (χ0) is 21.7. The highest BCUT2D eigenvalue weighted by Crippen LogP contribution is 2.30. The molecule has 0 radical (unpaired) electrons. The summed E-state index contributed by atoms with van der Waals surface area (Å²) in [6.45, 7) is -3.14. The van der Waals surface area contributed by atoms with Crippen molar-refractivity contribution in [2.45, 2.75) is 13.2 Å². The number of halogens is 3. The fourth-order valence-electron chi connectivity index (χ4n) is 2.40. The quantitative estimate of drug-likeness (QED) is 0.379. The molecule has 30 heavy (non-hydrogen) atoms. The molecule has 0 aliphatic carbocycles. The number of rotatable bonds is 8. The largest absolute Gasteiger partial charge is 0.484 e. The summed E-state index contributed by atoms with van der Waals surface area (Å²) in [6.07, 6.45) is 0. The number of anilines is 1. The van der Waals surface area contributed by atoms with Crippen LogP contribution in [0.15, 0.2) is 59.0 Å². The molecule has 0 spiro atoms. The average Bonchev–Trinajstić information content (AvgIpc) is 3.17.